The molecular formula is C11H22N2O. The summed E-state index contributed by atoms with van der Waals surface area (Å²) in [7, 11) is 0. The summed E-state index contributed by atoms with van der Waals surface area (Å²) in [6, 6.07) is 0. The van der Waals surface area contributed by atoms with E-state index in [1.807, 2.05) is 27.7 Å². The first-order chi connectivity index (χ1) is 6.33. The van der Waals surface area contributed by atoms with E-state index in [4.69, 9.17) is 10.5 Å². The van der Waals surface area contributed by atoms with Gasteiger partial charge in [0.05, 0.1) is 5.54 Å². The Bertz CT molecular complexity index is 222. The van der Waals surface area contributed by atoms with Crippen LogP contribution in [0.2, 0.25) is 0 Å². The topological polar surface area (TPSA) is 47.6 Å². The number of rotatable bonds is 1. The molecule has 1 aliphatic heterocycles. The molecule has 0 aliphatic carbocycles. The molecule has 1 saturated heterocycles. The minimum atomic E-state index is -0.328. The lowest BCUT2D eigenvalue weighted by Crippen LogP contribution is -2.47. The smallest absolute Gasteiger partial charge is 0.127 e. The average molecular weight is 198 g/mol. The highest BCUT2D eigenvalue weighted by Gasteiger charge is 2.32. The third-order valence-corrected chi connectivity index (χ3v) is 2.47. The van der Waals surface area contributed by atoms with Gasteiger partial charge in [0.2, 0.25) is 0 Å². The summed E-state index contributed by atoms with van der Waals surface area (Å²) >= 11 is 0. The molecule has 2 N–H and O–H groups in total. The maximum absolute atomic E-state index is 5.99. The van der Waals surface area contributed by atoms with E-state index in [2.05, 4.69) is 4.99 Å². The fraction of sp³-hybridized carbons (Fsp3) is 0.909. The van der Waals surface area contributed by atoms with Gasteiger partial charge in [-0.15, -0.1) is 0 Å². The Hall–Kier alpha value is -0.570. The Morgan fingerprint density at radius 2 is 2.00 bits per heavy atom. The van der Waals surface area contributed by atoms with Gasteiger partial charge in [0.1, 0.15) is 11.4 Å². The van der Waals surface area contributed by atoms with Crippen LogP contribution in [-0.4, -0.2) is 23.6 Å². The van der Waals surface area contributed by atoms with Gasteiger partial charge in [0, 0.05) is 6.61 Å². The molecule has 14 heavy (non-hydrogen) atoms. The molecule has 3 heteroatoms. The van der Waals surface area contributed by atoms with Gasteiger partial charge in [-0.2, -0.15) is 0 Å². The SMILES string of the molecule is CC(C)(C)N=C(N)C1(C)CCCCO1. The minimum absolute atomic E-state index is 0.117. The van der Waals surface area contributed by atoms with E-state index in [1.54, 1.807) is 0 Å². The number of ether oxygens (including phenoxy) is 1. The Morgan fingerprint density at radius 3 is 2.43 bits per heavy atom. The molecule has 82 valence electrons. The summed E-state index contributed by atoms with van der Waals surface area (Å²) in [6.07, 6.45) is 3.30. The van der Waals surface area contributed by atoms with Crippen molar-refractivity contribution in [3.8, 4) is 0 Å². The first-order valence-corrected chi connectivity index (χ1v) is 5.33. The third kappa shape index (κ3) is 2.98. The normalized spacial score (nSPS) is 30.4. The molecule has 0 aromatic rings. The summed E-state index contributed by atoms with van der Waals surface area (Å²) in [4.78, 5) is 4.47. The second-order valence-corrected chi connectivity index (χ2v) is 5.20. The lowest BCUT2D eigenvalue weighted by atomic mass is 9.94. The molecule has 1 heterocycles. The van der Waals surface area contributed by atoms with Crippen LogP contribution in [0.15, 0.2) is 4.99 Å². The van der Waals surface area contributed by atoms with Crippen LogP contribution < -0.4 is 5.73 Å². The lowest BCUT2D eigenvalue weighted by Gasteiger charge is -2.34. The highest BCUT2D eigenvalue weighted by molar-refractivity contribution is 5.89. The number of hydrogen-bond donors (Lipinski definition) is 1. The Balaban J connectivity index is 2.75. The summed E-state index contributed by atoms with van der Waals surface area (Å²) in [5.74, 6) is 0.643. The first kappa shape index (κ1) is 11.5. The Labute approximate surface area is 86.7 Å². The van der Waals surface area contributed by atoms with Crippen LogP contribution in [0.4, 0.5) is 0 Å². The molecule has 0 saturated carbocycles. The van der Waals surface area contributed by atoms with Gasteiger partial charge in [0.15, 0.2) is 0 Å². The van der Waals surface area contributed by atoms with Crippen molar-refractivity contribution < 1.29 is 4.74 Å². The van der Waals surface area contributed by atoms with Crippen LogP contribution >= 0.6 is 0 Å². The van der Waals surface area contributed by atoms with E-state index in [1.165, 1.54) is 6.42 Å². The number of nitrogens with two attached hydrogens (primary N) is 1. The minimum Gasteiger partial charge on any atom is -0.385 e. The van der Waals surface area contributed by atoms with Crippen LogP contribution in [0.3, 0.4) is 0 Å². The largest absolute Gasteiger partial charge is 0.385 e. The van der Waals surface area contributed by atoms with Crippen molar-refractivity contribution in [2.45, 2.75) is 58.1 Å². The number of amidine groups is 1. The zero-order valence-corrected chi connectivity index (χ0v) is 9.76. The maximum atomic E-state index is 5.99. The molecule has 0 aromatic heterocycles. The molecular weight excluding hydrogens is 176 g/mol. The second-order valence-electron chi connectivity index (χ2n) is 5.20. The monoisotopic (exact) mass is 198 g/mol. The Morgan fingerprint density at radius 1 is 1.36 bits per heavy atom. The van der Waals surface area contributed by atoms with Crippen molar-refractivity contribution in [1.82, 2.24) is 0 Å². The fourth-order valence-electron chi connectivity index (χ4n) is 1.62. The summed E-state index contributed by atoms with van der Waals surface area (Å²) in [5, 5.41) is 0. The molecule has 0 spiro atoms. The Kier molecular flexibility index (Phi) is 3.20. The van der Waals surface area contributed by atoms with E-state index < -0.39 is 0 Å². The van der Waals surface area contributed by atoms with E-state index in [0.717, 1.165) is 19.4 Å². The van der Waals surface area contributed by atoms with E-state index >= 15 is 0 Å². The highest BCUT2D eigenvalue weighted by atomic mass is 16.5. The summed E-state index contributed by atoms with van der Waals surface area (Å²) in [6.45, 7) is 8.98. The third-order valence-electron chi connectivity index (χ3n) is 2.47. The molecule has 3 nitrogen and oxygen atoms in total. The van der Waals surface area contributed by atoms with Crippen LogP contribution in [0, 0.1) is 0 Å². The summed E-state index contributed by atoms with van der Waals surface area (Å²) < 4.78 is 5.72. The van der Waals surface area contributed by atoms with Crippen molar-refractivity contribution in [2.24, 2.45) is 10.7 Å². The molecule has 1 atom stereocenters. The van der Waals surface area contributed by atoms with E-state index in [0.29, 0.717) is 5.84 Å². The van der Waals surface area contributed by atoms with Gasteiger partial charge in [-0.05, 0) is 47.0 Å². The number of nitrogens with zero attached hydrogens (tertiary/aromatic N) is 1. The van der Waals surface area contributed by atoms with E-state index in [-0.39, 0.29) is 11.1 Å². The predicted octanol–water partition coefficient (Wildman–Crippen LogP) is 2.10. The van der Waals surface area contributed by atoms with Gasteiger partial charge in [-0.25, -0.2) is 0 Å². The van der Waals surface area contributed by atoms with Crippen LogP contribution in [-0.2, 0) is 4.74 Å². The van der Waals surface area contributed by atoms with Crippen molar-refractivity contribution in [3.05, 3.63) is 0 Å². The van der Waals surface area contributed by atoms with Gasteiger partial charge in [-0.3, -0.25) is 4.99 Å². The van der Waals surface area contributed by atoms with E-state index in [9.17, 15) is 0 Å². The number of hydrogen-bond acceptors (Lipinski definition) is 2. The first-order valence-electron chi connectivity index (χ1n) is 5.33. The zero-order chi connectivity index (χ0) is 10.8. The van der Waals surface area contributed by atoms with Crippen molar-refractivity contribution >= 4 is 5.84 Å². The van der Waals surface area contributed by atoms with Crippen LogP contribution in [0.5, 0.6) is 0 Å². The van der Waals surface area contributed by atoms with Gasteiger partial charge in [-0.1, -0.05) is 0 Å². The van der Waals surface area contributed by atoms with Gasteiger partial charge >= 0.3 is 0 Å². The molecule has 0 radical (unpaired) electrons. The molecule has 1 fully saturated rings. The van der Waals surface area contributed by atoms with Crippen LogP contribution in [0.25, 0.3) is 0 Å². The summed E-state index contributed by atoms with van der Waals surface area (Å²) in [5.41, 5.74) is 5.55. The second kappa shape index (κ2) is 3.89. The molecule has 1 unspecified atom stereocenters. The quantitative estimate of drug-likeness (QED) is 0.518. The predicted molar refractivity (Wildman–Crippen MR) is 59.6 cm³/mol. The molecule has 0 amide bonds. The molecule has 0 aromatic carbocycles. The molecule has 1 aliphatic rings. The fourth-order valence-corrected chi connectivity index (χ4v) is 1.62. The van der Waals surface area contributed by atoms with Gasteiger partial charge in [0.25, 0.3) is 0 Å². The molecule has 1 rings (SSSR count). The zero-order valence-electron chi connectivity index (χ0n) is 9.76. The molecule has 0 bridgehead atoms. The van der Waals surface area contributed by atoms with Crippen LogP contribution in [0.1, 0.15) is 47.0 Å². The maximum Gasteiger partial charge on any atom is 0.127 e. The van der Waals surface area contributed by atoms with Crippen molar-refractivity contribution in [1.29, 1.82) is 0 Å². The van der Waals surface area contributed by atoms with Crippen molar-refractivity contribution in [2.75, 3.05) is 6.61 Å². The van der Waals surface area contributed by atoms with Crippen molar-refractivity contribution in [3.63, 3.8) is 0 Å². The lowest BCUT2D eigenvalue weighted by molar-refractivity contribution is -0.0163. The average Bonchev–Trinajstić information content (AvgIpc) is 2.02. The van der Waals surface area contributed by atoms with Gasteiger partial charge < -0.3 is 10.5 Å². The number of aliphatic imine (C=N–C) groups is 1. The standard InChI is InChI=1S/C11H22N2O/c1-10(2,3)13-9(12)11(4)7-5-6-8-14-11/h5-8H2,1-4H3,(H2,12,13). The highest BCUT2D eigenvalue weighted by Crippen LogP contribution is 2.25.